The smallest absolute Gasteiger partial charge is 0.252 e. The Kier molecular flexibility index (Phi) is 2.82. The number of nitrogen functional groups attached to an aromatic ring is 1. The fourth-order valence-electron chi connectivity index (χ4n) is 1.35. The zero-order valence-electron chi connectivity index (χ0n) is 8.38. The third-order valence-corrected chi connectivity index (χ3v) is 2.92. The van der Waals surface area contributed by atoms with Crippen LogP contribution in [0.1, 0.15) is 21.6 Å². The fourth-order valence-corrected chi connectivity index (χ4v) is 2.02. The zero-order chi connectivity index (χ0) is 11.5. The van der Waals surface area contributed by atoms with E-state index in [-0.39, 0.29) is 5.56 Å². The number of nitrogens with two attached hydrogens (primary N) is 2. The molecule has 0 atom stereocenters. The summed E-state index contributed by atoms with van der Waals surface area (Å²) in [4.78, 5) is 11.1. The number of amides is 1. The first-order valence-corrected chi connectivity index (χ1v) is 5.53. The second-order valence-corrected chi connectivity index (χ2v) is 4.07. The summed E-state index contributed by atoms with van der Waals surface area (Å²) in [6.45, 7) is 0. The molecule has 0 aliphatic carbocycles. The number of carbonyl (C=O) groups is 1. The van der Waals surface area contributed by atoms with Crippen LogP contribution in [0.3, 0.4) is 0 Å². The van der Waals surface area contributed by atoms with Gasteiger partial charge < -0.3 is 11.5 Å². The molecule has 82 valence electrons. The summed E-state index contributed by atoms with van der Waals surface area (Å²) in [5.41, 5.74) is 13.2. The number of thiophene rings is 1. The molecule has 0 aromatic carbocycles. The van der Waals surface area contributed by atoms with E-state index in [2.05, 4.69) is 10.2 Å². The van der Waals surface area contributed by atoms with Gasteiger partial charge in [-0.05, 0) is 22.4 Å². The molecule has 0 aliphatic rings. The van der Waals surface area contributed by atoms with Gasteiger partial charge in [-0.25, -0.2) is 0 Å². The van der Waals surface area contributed by atoms with Crippen molar-refractivity contribution in [3.8, 4) is 0 Å². The molecule has 1 amide bonds. The van der Waals surface area contributed by atoms with Crippen LogP contribution in [0.5, 0.6) is 0 Å². The monoisotopic (exact) mass is 234 g/mol. The van der Waals surface area contributed by atoms with Crippen molar-refractivity contribution in [2.24, 2.45) is 5.73 Å². The summed E-state index contributed by atoms with van der Waals surface area (Å²) >= 11 is 1.59. The molecule has 0 fully saturated rings. The normalized spacial score (nSPS) is 10.2. The standard InChI is InChI=1S/C10H10N4OS/c11-9-7(10(12)15)4-13-14-8(9)3-6-1-2-16-5-6/h1-2,4-5H,3H2,(H2,11,13)(H2,12,15). The molecule has 2 rings (SSSR count). The number of aromatic nitrogens is 2. The minimum atomic E-state index is -0.584. The number of hydrogen-bond acceptors (Lipinski definition) is 5. The molecule has 5 nitrogen and oxygen atoms in total. The Balaban J connectivity index is 2.35. The maximum Gasteiger partial charge on any atom is 0.252 e. The van der Waals surface area contributed by atoms with Gasteiger partial charge in [0.05, 0.1) is 23.1 Å². The number of rotatable bonds is 3. The molecule has 0 unspecified atom stereocenters. The van der Waals surface area contributed by atoms with Crippen molar-refractivity contribution in [2.75, 3.05) is 5.73 Å². The van der Waals surface area contributed by atoms with E-state index in [0.717, 1.165) is 5.56 Å². The predicted octanol–water partition coefficient (Wildman–Crippen LogP) is 0.810. The molecular formula is C10H10N4OS. The molecular weight excluding hydrogens is 224 g/mol. The van der Waals surface area contributed by atoms with Crippen LogP contribution in [0.25, 0.3) is 0 Å². The van der Waals surface area contributed by atoms with Crippen LogP contribution in [0.4, 0.5) is 5.69 Å². The molecule has 2 heterocycles. The van der Waals surface area contributed by atoms with Crippen LogP contribution < -0.4 is 11.5 Å². The van der Waals surface area contributed by atoms with Gasteiger partial charge in [0.1, 0.15) is 0 Å². The van der Waals surface area contributed by atoms with Gasteiger partial charge >= 0.3 is 0 Å². The van der Waals surface area contributed by atoms with Gasteiger partial charge in [-0.3, -0.25) is 4.79 Å². The Morgan fingerprint density at radius 3 is 2.94 bits per heavy atom. The molecule has 2 aromatic rings. The van der Waals surface area contributed by atoms with Crippen LogP contribution in [-0.2, 0) is 6.42 Å². The number of carbonyl (C=O) groups excluding carboxylic acids is 1. The topological polar surface area (TPSA) is 94.9 Å². The van der Waals surface area contributed by atoms with Crippen molar-refractivity contribution in [2.45, 2.75) is 6.42 Å². The van der Waals surface area contributed by atoms with Gasteiger partial charge in [0, 0.05) is 6.42 Å². The summed E-state index contributed by atoms with van der Waals surface area (Å²) in [6.07, 6.45) is 1.85. The van der Waals surface area contributed by atoms with Crippen molar-refractivity contribution in [3.05, 3.63) is 39.8 Å². The zero-order valence-corrected chi connectivity index (χ0v) is 9.20. The minimum Gasteiger partial charge on any atom is -0.396 e. The van der Waals surface area contributed by atoms with Gasteiger partial charge in [-0.2, -0.15) is 21.5 Å². The molecule has 0 aliphatic heterocycles. The van der Waals surface area contributed by atoms with Crippen molar-refractivity contribution in [3.63, 3.8) is 0 Å². The van der Waals surface area contributed by atoms with Crippen molar-refractivity contribution in [1.29, 1.82) is 0 Å². The molecule has 4 N–H and O–H groups in total. The quantitative estimate of drug-likeness (QED) is 0.821. The average Bonchev–Trinajstić information content (AvgIpc) is 2.73. The maximum atomic E-state index is 11.1. The first-order valence-electron chi connectivity index (χ1n) is 4.59. The van der Waals surface area contributed by atoms with E-state index in [0.29, 0.717) is 17.8 Å². The van der Waals surface area contributed by atoms with Gasteiger partial charge in [0.15, 0.2) is 0 Å². The fraction of sp³-hybridized carbons (Fsp3) is 0.100. The van der Waals surface area contributed by atoms with E-state index in [4.69, 9.17) is 11.5 Å². The van der Waals surface area contributed by atoms with E-state index < -0.39 is 5.91 Å². The average molecular weight is 234 g/mol. The highest BCUT2D eigenvalue weighted by Crippen LogP contribution is 2.18. The summed E-state index contributed by atoms with van der Waals surface area (Å²) < 4.78 is 0. The summed E-state index contributed by atoms with van der Waals surface area (Å²) in [5, 5.41) is 11.6. The van der Waals surface area contributed by atoms with Crippen LogP contribution in [0.2, 0.25) is 0 Å². The molecule has 16 heavy (non-hydrogen) atoms. The Labute approximate surface area is 96.1 Å². The maximum absolute atomic E-state index is 11.1. The first-order chi connectivity index (χ1) is 7.68. The Hall–Kier alpha value is -1.95. The highest BCUT2D eigenvalue weighted by Gasteiger charge is 2.12. The van der Waals surface area contributed by atoms with Crippen LogP contribution in [0.15, 0.2) is 23.0 Å². The first kappa shape index (κ1) is 10.6. The molecule has 2 aromatic heterocycles. The lowest BCUT2D eigenvalue weighted by Crippen LogP contribution is -2.16. The van der Waals surface area contributed by atoms with Crippen LogP contribution in [-0.4, -0.2) is 16.1 Å². The van der Waals surface area contributed by atoms with Crippen LogP contribution in [0, 0.1) is 0 Å². The van der Waals surface area contributed by atoms with Gasteiger partial charge in [0.25, 0.3) is 5.91 Å². The lowest BCUT2D eigenvalue weighted by molar-refractivity contribution is 0.100. The summed E-state index contributed by atoms with van der Waals surface area (Å²) in [7, 11) is 0. The highest BCUT2D eigenvalue weighted by molar-refractivity contribution is 7.07. The summed E-state index contributed by atoms with van der Waals surface area (Å²) in [5.74, 6) is -0.584. The molecule has 0 bridgehead atoms. The largest absolute Gasteiger partial charge is 0.396 e. The van der Waals surface area contributed by atoms with E-state index in [1.165, 1.54) is 6.20 Å². The van der Waals surface area contributed by atoms with E-state index in [9.17, 15) is 4.79 Å². The Morgan fingerprint density at radius 2 is 2.31 bits per heavy atom. The lowest BCUT2D eigenvalue weighted by Gasteiger charge is -2.05. The number of hydrogen-bond donors (Lipinski definition) is 2. The second kappa shape index (κ2) is 4.28. The third-order valence-electron chi connectivity index (χ3n) is 2.18. The van der Waals surface area contributed by atoms with Crippen molar-refractivity contribution >= 4 is 22.9 Å². The Bertz CT molecular complexity index is 510. The van der Waals surface area contributed by atoms with E-state index in [1.54, 1.807) is 11.3 Å². The van der Waals surface area contributed by atoms with E-state index >= 15 is 0 Å². The van der Waals surface area contributed by atoms with Crippen molar-refractivity contribution < 1.29 is 4.79 Å². The van der Waals surface area contributed by atoms with Gasteiger partial charge in [0.2, 0.25) is 0 Å². The van der Waals surface area contributed by atoms with E-state index in [1.807, 2.05) is 16.8 Å². The number of primary amides is 1. The molecule has 6 heteroatoms. The summed E-state index contributed by atoms with van der Waals surface area (Å²) in [6, 6.07) is 1.97. The Morgan fingerprint density at radius 1 is 1.50 bits per heavy atom. The molecule has 0 spiro atoms. The molecule has 0 radical (unpaired) electrons. The van der Waals surface area contributed by atoms with Crippen molar-refractivity contribution in [1.82, 2.24) is 10.2 Å². The minimum absolute atomic E-state index is 0.222. The van der Waals surface area contributed by atoms with Gasteiger partial charge in [-0.15, -0.1) is 0 Å². The number of nitrogens with zero attached hydrogens (tertiary/aromatic N) is 2. The van der Waals surface area contributed by atoms with Gasteiger partial charge in [-0.1, -0.05) is 0 Å². The third kappa shape index (κ3) is 2.01. The number of anilines is 1. The van der Waals surface area contributed by atoms with Crippen LogP contribution >= 0.6 is 11.3 Å². The molecule has 0 saturated heterocycles. The predicted molar refractivity (Wildman–Crippen MR) is 62.1 cm³/mol. The second-order valence-electron chi connectivity index (χ2n) is 3.29. The lowest BCUT2D eigenvalue weighted by atomic mass is 10.1. The highest BCUT2D eigenvalue weighted by atomic mass is 32.1. The SMILES string of the molecule is NC(=O)c1cnnc(Cc2ccsc2)c1N. The molecule has 0 saturated carbocycles.